The summed E-state index contributed by atoms with van der Waals surface area (Å²) in [6.07, 6.45) is 2.65. The van der Waals surface area contributed by atoms with E-state index in [2.05, 4.69) is 81.7 Å². The van der Waals surface area contributed by atoms with Gasteiger partial charge in [-0.1, -0.05) is 51.1 Å². The molecule has 0 amide bonds. The van der Waals surface area contributed by atoms with Crippen LogP contribution >= 0.6 is 23.5 Å². The van der Waals surface area contributed by atoms with Gasteiger partial charge < -0.3 is 13.9 Å². The minimum atomic E-state index is -1.90. The molecule has 2 aliphatic heterocycles. The second-order valence-corrected chi connectivity index (χ2v) is 17.0. The third kappa shape index (κ3) is 6.51. The van der Waals surface area contributed by atoms with Crippen molar-refractivity contribution in [3.63, 3.8) is 0 Å². The summed E-state index contributed by atoms with van der Waals surface area (Å²) in [6, 6.07) is 10.4. The summed E-state index contributed by atoms with van der Waals surface area (Å²) >= 11 is 4.18. The first-order valence-electron chi connectivity index (χ1n) is 10.4. The summed E-state index contributed by atoms with van der Waals surface area (Å²) in [5, 5.41) is 0.187. The number of thioether (sulfide) groups is 2. The van der Waals surface area contributed by atoms with E-state index in [1.54, 1.807) is 0 Å². The Morgan fingerprint density at radius 1 is 1.14 bits per heavy atom. The van der Waals surface area contributed by atoms with Gasteiger partial charge in [-0.3, -0.25) is 0 Å². The van der Waals surface area contributed by atoms with E-state index in [4.69, 9.17) is 13.9 Å². The molecule has 0 unspecified atom stereocenters. The van der Waals surface area contributed by atoms with Gasteiger partial charge >= 0.3 is 0 Å². The van der Waals surface area contributed by atoms with Crippen molar-refractivity contribution in [2.75, 3.05) is 18.1 Å². The van der Waals surface area contributed by atoms with Crippen molar-refractivity contribution in [3.05, 3.63) is 35.9 Å². The van der Waals surface area contributed by atoms with Gasteiger partial charge in [0.25, 0.3) is 0 Å². The number of hydrogen-bond acceptors (Lipinski definition) is 5. The van der Waals surface area contributed by atoms with Gasteiger partial charge in [-0.25, -0.2) is 0 Å². The van der Waals surface area contributed by atoms with Gasteiger partial charge in [0.15, 0.2) is 8.32 Å². The minimum absolute atomic E-state index is 0.0115. The largest absolute Gasteiger partial charge is 0.411 e. The molecule has 2 saturated heterocycles. The zero-order chi connectivity index (χ0) is 20.2. The molecule has 2 fully saturated rings. The number of hydrogen-bond donors (Lipinski definition) is 0. The summed E-state index contributed by atoms with van der Waals surface area (Å²) < 4.78 is 19.8. The van der Waals surface area contributed by atoms with Gasteiger partial charge in [0.2, 0.25) is 0 Å². The quantitative estimate of drug-likeness (QED) is 0.350. The third-order valence-corrected chi connectivity index (χ3v) is 13.4. The van der Waals surface area contributed by atoms with E-state index in [0.29, 0.717) is 11.2 Å². The summed E-state index contributed by atoms with van der Waals surface area (Å²) in [7, 11) is -1.90. The fraction of sp³-hybridized carbons (Fsp3) is 0.727. The van der Waals surface area contributed by atoms with Crippen molar-refractivity contribution < 1.29 is 13.9 Å². The normalized spacial score (nSPS) is 23.4. The Morgan fingerprint density at radius 2 is 1.79 bits per heavy atom. The van der Waals surface area contributed by atoms with E-state index in [9.17, 15) is 0 Å². The summed E-state index contributed by atoms with van der Waals surface area (Å²) in [5.74, 6) is 2.53. The van der Waals surface area contributed by atoms with Crippen molar-refractivity contribution >= 4 is 31.8 Å². The van der Waals surface area contributed by atoms with Crippen molar-refractivity contribution in [1.82, 2.24) is 0 Å². The number of benzene rings is 1. The van der Waals surface area contributed by atoms with Crippen LogP contribution in [0.5, 0.6) is 0 Å². The molecule has 0 N–H and O–H groups in total. The van der Waals surface area contributed by atoms with Crippen molar-refractivity contribution in [2.45, 2.75) is 81.2 Å². The molecule has 0 radical (unpaired) electrons. The molecule has 2 aliphatic rings. The molecule has 3 rings (SSSR count). The number of ether oxygens (including phenoxy) is 2. The maximum Gasteiger partial charge on any atom is 0.192 e. The van der Waals surface area contributed by atoms with Crippen LogP contribution in [0.2, 0.25) is 18.1 Å². The second kappa shape index (κ2) is 9.88. The van der Waals surface area contributed by atoms with Crippen molar-refractivity contribution in [3.8, 4) is 0 Å². The third-order valence-electron chi connectivity index (χ3n) is 5.95. The van der Waals surface area contributed by atoms with Gasteiger partial charge in [-0.05, 0) is 48.0 Å². The predicted molar refractivity (Wildman–Crippen MR) is 125 cm³/mol. The van der Waals surface area contributed by atoms with E-state index in [0.717, 1.165) is 13.0 Å². The highest BCUT2D eigenvalue weighted by Gasteiger charge is 2.46. The van der Waals surface area contributed by atoms with Crippen molar-refractivity contribution in [2.24, 2.45) is 0 Å². The van der Waals surface area contributed by atoms with Crippen LogP contribution in [-0.4, -0.2) is 49.3 Å². The van der Waals surface area contributed by atoms with E-state index >= 15 is 0 Å². The number of epoxide rings is 1. The molecule has 28 heavy (non-hydrogen) atoms. The minimum Gasteiger partial charge on any atom is -0.411 e. The van der Waals surface area contributed by atoms with Crippen LogP contribution in [0.4, 0.5) is 0 Å². The van der Waals surface area contributed by atoms with Crippen LogP contribution < -0.4 is 0 Å². The average Bonchev–Trinajstić information content (AvgIpc) is 3.47. The molecule has 0 saturated carbocycles. The van der Waals surface area contributed by atoms with Crippen LogP contribution in [0.1, 0.15) is 39.2 Å². The molecular formula is C22H36O3S2Si. The van der Waals surface area contributed by atoms with E-state index in [1.165, 1.54) is 23.5 Å². The molecule has 2 heterocycles. The van der Waals surface area contributed by atoms with Gasteiger partial charge in [-0.2, -0.15) is 0 Å². The highest BCUT2D eigenvalue weighted by atomic mass is 32.2. The molecule has 1 aromatic carbocycles. The Bertz CT molecular complexity index is 596. The van der Waals surface area contributed by atoms with Gasteiger partial charge in [0.1, 0.15) is 12.2 Å². The van der Waals surface area contributed by atoms with Crippen LogP contribution in [0.3, 0.4) is 0 Å². The van der Waals surface area contributed by atoms with E-state index in [1.807, 2.05) is 6.07 Å². The smallest absolute Gasteiger partial charge is 0.192 e. The Kier molecular flexibility index (Phi) is 8.01. The van der Waals surface area contributed by atoms with Crippen LogP contribution in [0.15, 0.2) is 30.3 Å². The fourth-order valence-corrected chi connectivity index (χ4v) is 7.42. The van der Waals surface area contributed by atoms with E-state index in [-0.39, 0.29) is 23.4 Å². The second-order valence-electron chi connectivity index (χ2n) is 9.31. The molecule has 0 spiro atoms. The molecule has 1 aromatic rings. The first kappa shape index (κ1) is 22.7. The maximum atomic E-state index is 6.96. The van der Waals surface area contributed by atoms with E-state index < -0.39 is 8.32 Å². The SMILES string of the molecule is CC(C)(C)[Si](C)(C)O[C@@H](CC1SCCCS1)[C@@H](OCc1ccccc1)[C@@H]1CO1. The highest BCUT2D eigenvalue weighted by Crippen LogP contribution is 2.42. The molecular weight excluding hydrogens is 404 g/mol. The molecule has 0 aliphatic carbocycles. The summed E-state index contributed by atoms with van der Waals surface area (Å²) in [5.41, 5.74) is 1.21. The van der Waals surface area contributed by atoms with Gasteiger partial charge in [-0.15, -0.1) is 23.5 Å². The first-order chi connectivity index (χ1) is 13.3. The molecule has 0 aromatic heterocycles. The predicted octanol–water partition coefficient (Wildman–Crippen LogP) is 5.95. The highest BCUT2D eigenvalue weighted by molar-refractivity contribution is 8.17. The average molecular weight is 441 g/mol. The van der Waals surface area contributed by atoms with Gasteiger partial charge in [0, 0.05) is 0 Å². The molecule has 6 heteroatoms. The fourth-order valence-electron chi connectivity index (χ4n) is 3.13. The monoisotopic (exact) mass is 440 g/mol. The summed E-state index contributed by atoms with van der Waals surface area (Å²) in [6.45, 7) is 13.1. The van der Waals surface area contributed by atoms with Crippen LogP contribution in [0.25, 0.3) is 0 Å². The van der Waals surface area contributed by atoms with Crippen molar-refractivity contribution in [1.29, 1.82) is 0 Å². The lowest BCUT2D eigenvalue weighted by molar-refractivity contribution is -0.0543. The topological polar surface area (TPSA) is 31.0 Å². The Balaban J connectivity index is 1.73. The Morgan fingerprint density at radius 3 is 2.36 bits per heavy atom. The van der Waals surface area contributed by atoms with Gasteiger partial charge in [0.05, 0.1) is 23.9 Å². The first-order valence-corrected chi connectivity index (χ1v) is 15.4. The number of rotatable bonds is 9. The van der Waals surface area contributed by atoms with Crippen LogP contribution in [-0.2, 0) is 20.5 Å². The lowest BCUT2D eigenvalue weighted by atomic mass is 10.1. The molecule has 158 valence electrons. The standard InChI is InChI=1S/C22H36O3S2Si/c1-22(2,3)28(4,5)25-18(14-20-26-12-9-13-27-20)21(19-16-23-19)24-15-17-10-7-6-8-11-17/h6-8,10-11,18-21H,9,12-16H2,1-5H3/t18-,19-,21+/m0/s1. The summed E-state index contributed by atoms with van der Waals surface area (Å²) in [4.78, 5) is 0. The molecule has 3 atom stereocenters. The molecule has 0 bridgehead atoms. The Hall–Kier alpha value is 0.0169. The maximum absolute atomic E-state index is 6.96. The lowest BCUT2D eigenvalue weighted by Gasteiger charge is -2.42. The van der Waals surface area contributed by atoms with Crippen LogP contribution in [0, 0.1) is 0 Å². The molecule has 3 nitrogen and oxygen atoms in total. The Labute approximate surface area is 180 Å². The zero-order valence-corrected chi connectivity index (χ0v) is 20.6. The lowest BCUT2D eigenvalue weighted by Crippen LogP contribution is -2.49. The zero-order valence-electron chi connectivity index (χ0n) is 18.0.